The molecular weight excluding hydrogens is 400 g/mol. The Morgan fingerprint density at radius 2 is 2.17 bits per heavy atom. The molecule has 0 radical (unpaired) electrons. The van der Waals surface area contributed by atoms with Crippen molar-refractivity contribution < 1.29 is 13.9 Å². The van der Waals surface area contributed by atoms with Gasteiger partial charge in [-0.2, -0.15) is 0 Å². The lowest BCUT2D eigenvalue weighted by molar-refractivity contribution is 0.102. The van der Waals surface area contributed by atoms with E-state index in [4.69, 9.17) is 20.8 Å². The van der Waals surface area contributed by atoms with Gasteiger partial charge in [0.1, 0.15) is 10.8 Å². The van der Waals surface area contributed by atoms with E-state index in [-0.39, 0.29) is 16.4 Å². The molecule has 0 saturated heterocycles. The number of anilines is 1. The maximum atomic E-state index is 12.3. The van der Waals surface area contributed by atoms with E-state index in [0.29, 0.717) is 16.7 Å². The fourth-order valence-electron chi connectivity index (χ4n) is 2.15. The summed E-state index contributed by atoms with van der Waals surface area (Å²) in [6.45, 7) is 0. The Balaban J connectivity index is 2.04. The van der Waals surface area contributed by atoms with Gasteiger partial charge in [-0.05, 0) is 30.3 Å². The van der Waals surface area contributed by atoms with Gasteiger partial charge in [-0.3, -0.25) is 4.79 Å². The first kappa shape index (κ1) is 16.5. The summed E-state index contributed by atoms with van der Waals surface area (Å²) in [6.07, 6.45) is 1.47. The number of hydrogen-bond acceptors (Lipinski definition) is 5. The van der Waals surface area contributed by atoms with E-state index in [0.717, 1.165) is 4.47 Å². The highest BCUT2D eigenvalue weighted by atomic mass is 79.9. The predicted octanol–water partition coefficient (Wildman–Crippen LogP) is 3.86. The molecule has 0 fully saturated rings. The second-order valence-electron chi connectivity index (χ2n) is 4.77. The van der Waals surface area contributed by atoms with Gasteiger partial charge in [0.2, 0.25) is 0 Å². The molecule has 2 heterocycles. The summed E-state index contributed by atoms with van der Waals surface area (Å²) in [5.41, 5.74) is -0.252. The Hall–Kier alpha value is -2.38. The number of ether oxygens (including phenoxy) is 1. The number of carbonyl (C=O) groups excluding carboxylic acids is 1. The first-order valence-corrected chi connectivity index (χ1v) is 7.90. The molecule has 0 spiro atoms. The van der Waals surface area contributed by atoms with Gasteiger partial charge in [0.25, 0.3) is 5.91 Å². The first-order chi connectivity index (χ1) is 11.5. The Kier molecular flexibility index (Phi) is 4.55. The van der Waals surface area contributed by atoms with Crippen molar-refractivity contribution in [2.75, 3.05) is 12.4 Å². The fraction of sp³-hybridized carbons (Fsp3) is 0.0625. The molecule has 0 bridgehead atoms. The third kappa shape index (κ3) is 3.13. The Morgan fingerprint density at radius 1 is 1.38 bits per heavy atom. The maximum absolute atomic E-state index is 12.3. The van der Waals surface area contributed by atoms with Crippen molar-refractivity contribution in [1.29, 1.82) is 0 Å². The quantitative estimate of drug-likeness (QED) is 0.525. The van der Waals surface area contributed by atoms with E-state index in [1.165, 1.54) is 25.4 Å². The van der Waals surface area contributed by atoms with Crippen LogP contribution in [0.5, 0.6) is 5.75 Å². The first-order valence-electron chi connectivity index (χ1n) is 6.73. The van der Waals surface area contributed by atoms with Crippen LogP contribution in [0.3, 0.4) is 0 Å². The summed E-state index contributed by atoms with van der Waals surface area (Å²) >= 11 is 9.24. The van der Waals surface area contributed by atoms with Gasteiger partial charge in [-0.1, -0.05) is 27.5 Å². The van der Waals surface area contributed by atoms with Crippen LogP contribution >= 0.6 is 27.5 Å². The van der Waals surface area contributed by atoms with Crippen molar-refractivity contribution >= 4 is 50.1 Å². The third-order valence-corrected chi connectivity index (χ3v) is 3.99. The molecule has 6 nitrogen and oxygen atoms in total. The van der Waals surface area contributed by atoms with Crippen molar-refractivity contribution in [3.05, 3.63) is 62.1 Å². The van der Waals surface area contributed by atoms with Crippen molar-refractivity contribution in [2.24, 2.45) is 0 Å². The predicted molar refractivity (Wildman–Crippen MR) is 93.9 cm³/mol. The SMILES string of the molecule is COc1cc(Br)cc2cc(NC(=O)c3cccnc3Cl)c(=O)oc12. The maximum Gasteiger partial charge on any atom is 0.360 e. The number of benzene rings is 1. The number of aromatic nitrogens is 1. The number of carbonyl (C=O) groups is 1. The standard InChI is InChI=1S/C16H10BrClN2O4/c1-23-12-7-9(17)5-8-6-11(16(22)24-13(8)12)20-15(21)10-3-2-4-19-14(10)18/h2-7H,1H3,(H,20,21). The Labute approximate surface area is 149 Å². The monoisotopic (exact) mass is 408 g/mol. The molecule has 0 aliphatic rings. The normalized spacial score (nSPS) is 10.6. The zero-order valence-electron chi connectivity index (χ0n) is 12.3. The minimum absolute atomic E-state index is 0.00688. The van der Waals surface area contributed by atoms with E-state index in [1.807, 2.05) is 0 Å². The smallest absolute Gasteiger partial charge is 0.360 e. The zero-order chi connectivity index (χ0) is 17.3. The van der Waals surface area contributed by atoms with Gasteiger partial charge < -0.3 is 14.5 Å². The van der Waals surface area contributed by atoms with Crippen molar-refractivity contribution in [3.63, 3.8) is 0 Å². The number of amides is 1. The van der Waals surface area contributed by atoms with Gasteiger partial charge in [-0.25, -0.2) is 9.78 Å². The van der Waals surface area contributed by atoms with Crippen LogP contribution in [0.25, 0.3) is 11.0 Å². The van der Waals surface area contributed by atoms with E-state index in [1.54, 1.807) is 18.2 Å². The van der Waals surface area contributed by atoms with Crippen LogP contribution in [0, 0.1) is 0 Å². The summed E-state index contributed by atoms with van der Waals surface area (Å²) in [6, 6.07) is 8.02. The lowest BCUT2D eigenvalue weighted by Gasteiger charge is -2.08. The summed E-state index contributed by atoms with van der Waals surface area (Å²) in [4.78, 5) is 28.2. The van der Waals surface area contributed by atoms with Gasteiger partial charge in [-0.15, -0.1) is 0 Å². The van der Waals surface area contributed by atoms with E-state index < -0.39 is 11.5 Å². The highest BCUT2D eigenvalue weighted by Crippen LogP contribution is 2.30. The summed E-state index contributed by atoms with van der Waals surface area (Å²) < 4.78 is 11.2. The minimum atomic E-state index is -0.698. The zero-order valence-corrected chi connectivity index (χ0v) is 14.6. The number of hydrogen-bond donors (Lipinski definition) is 1. The molecule has 0 saturated carbocycles. The largest absolute Gasteiger partial charge is 0.493 e. The van der Waals surface area contributed by atoms with Gasteiger partial charge in [0.05, 0.1) is 12.7 Å². The van der Waals surface area contributed by atoms with Crippen LogP contribution in [0.2, 0.25) is 5.15 Å². The Bertz CT molecular complexity index is 1000. The molecule has 0 aliphatic carbocycles. The van der Waals surface area contributed by atoms with E-state index in [2.05, 4.69) is 26.2 Å². The van der Waals surface area contributed by atoms with E-state index in [9.17, 15) is 9.59 Å². The molecule has 1 N–H and O–H groups in total. The van der Waals surface area contributed by atoms with Crippen LogP contribution in [-0.2, 0) is 0 Å². The number of fused-ring (bicyclic) bond motifs is 1. The molecule has 8 heteroatoms. The summed E-state index contributed by atoms with van der Waals surface area (Å²) in [5, 5.41) is 3.13. The van der Waals surface area contributed by atoms with Crippen molar-refractivity contribution in [1.82, 2.24) is 4.98 Å². The average Bonchev–Trinajstić information content (AvgIpc) is 2.55. The van der Waals surface area contributed by atoms with Crippen LogP contribution in [-0.4, -0.2) is 18.0 Å². The number of rotatable bonds is 3. The third-order valence-electron chi connectivity index (χ3n) is 3.23. The van der Waals surface area contributed by atoms with Gasteiger partial charge in [0.15, 0.2) is 11.3 Å². The second kappa shape index (κ2) is 6.62. The number of nitrogens with one attached hydrogen (secondary N) is 1. The molecule has 1 amide bonds. The molecule has 122 valence electrons. The average molecular weight is 410 g/mol. The molecular formula is C16H10BrClN2O4. The topological polar surface area (TPSA) is 81.4 Å². The lowest BCUT2D eigenvalue weighted by Crippen LogP contribution is -2.18. The highest BCUT2D eigenvalue weighted by Gasteiger charge is 2.15. The van der Waals surface area contributed by atoms with Crippen LogP contribution in [0.4, 0.5) is 5.69 Å². The van der Waals surface area contributed by atoms with E-state index >= 15 is 0 Å². The number of pyridine rings is 1. The van der Waals surface area contributed by atoms with Crippen molar-refractivity contribution in [3.8, 4) is 5.75 Å². The molecule has 1 aromatic carbocycles. The van der Waals surface area contributed by atoms with Crippen LogP contribution in [0.15, 0.2) is 50.2 Å². The van der Waals surface area contributed by atoms with Crippen molar-refractivity contribution in [2.45, 2.75) is 0 Å². The second-order valence-corrected chi connectivity index (χ2v) is 6.04. The minimum Gasteiger partial charge on any atom is -0.493 e. The summed E-state index contributed by atoms with van der Waals surface area (Å²) in [7, 11) is 1.47. The van der Waals surface area contributed by atoms with Gasteiger partial charge >= 0.3 is 5.63 Å². The summed E-state index contributed by atoms with van der Waals surface area (Å²) in [5.74, 6) is -0.147. The molecule has 24 heavy (non-hydrogen) atoms. The molecule has 0 atom stereocenters. The molecule has 2 aromatic heterocycles. The molecule has 3 aromatic rings. The lowest BCUT2D eigenvalue weighted by atomic mass is 10.2. The van der Waals surface area contributed by atoms with Crippen LogP contribution in [0.1, 0.15) is 10.4 Å². The number of halogens is 2. The Morgan fingerprint density at radius 3 is 2.88 bits per heavy atom. The highest BCUT2D eigenvalue weighted by molar-refractivity contribution is 9.10. The fourth-order valence-corrected chi connectivity index (χ4v) is 2.81. The number of nitrogens with zero attached hydrogens (tertiary/aromatic N) is 1. The van der Waals surface area contributed by atoms with Crippen LogP contribution < -0.4 is 15.7 Å². The van der Waals surface area contributed by atoms with Gasteiger partial charge in [0, 0.05) is 16.1 Å². The number of methoxy groups -OCH3 is 1. The molecule has 0 aliphatic heterocycles. The molecule has 0 unspecified atom stereocenters. The molecule has 3 rings (SSSR count).